The van der Waals surface area contributed by atoms with Gasteiger partial charge in [0.15, 0.2) is 5.11 Å². The molecule has 0 atom stereocenters. The number of aryl methyl sites for hydroxylation is 1. The van der Waals surface area contributed by atoms with E-state index in [0.29, 0.717) is 16.7 Å². The molecule has 1 aromatic heterocycles. The zero-order valence-electron chi connectivity index (χ0n) is 11.1. The first-order valence-electron chi connectivity index (χ1n) is 6.36. The van der Waals surface area contributed by atoms with Gasteiger partial charge in [-0.05, 0) is 38.0 Å². The minimum Gasteiger partial charge on any atom is -0.465 e. The van der Waals surface area contributed by atoms with Gasteiger partial charge >= 0.3 is 5.97 Å². The Morgan fingerprint density at radius 2 is 2.16 bits per heavy atom. The fourth-order valence-corrected chi connectivity index (χ4v) is 3.50. The highest BCUT2D eigenvalue weighted by Crippen LogP contribution is 2.28. The fourth-order valence-electron chi connectivity index (χ4n) is 2.26. The van der Waals surface area contributed by atoms with E-state index in [0.717, 1.165) is 22.7 Å². The SMILES string of the molecule is COC(=O)c1cc(C)sc1NC(=S)NC1CCCC1. The van der Waals surface area contributed by atoms with E-state index in [1.54, 1.807) is 0 Å². The summed E-state index contributed by atoms with van der Waals surface area (Å²) in [6.07, 6.45) is 4.84. The van der Waals surface area contributed by atoms with Crippen molar-refractivity contribution in [2.45, 2.75) is 38.6 Å². The summed E-state index contributed by atoms with van der Waals surface area (Å²) in [6.45, 7) is 1.95. The Balaban J connectivity index is 2.01. The van der Waals surface area contributed by atoms with Crippen LogP contribution >= 0.6 is 23.6 Å². The first kappa shape index (κ1) is 14.3. The maximum Gasteiger partial charge on any atom is 0.340 e. The van der Waals surface area contributed by atoms with Crippen molar-refractivity contribution in [1.82, 2.24) is 5.32 Å². The topological polar surface area (TPSA) is 50.4 Å². The molecule has 0 unspecified atom stereocenters. The number of carbonyl (C=O) groups is 1. The summed E-state index contributed by atoms with van der Waals surface area (Å²) in [5, 5.41) is 7.74. The van der Waals surface area contributed by atoms with E-state index < -0.39 is 0 Å². The highest BCUT2D eigenvalue weighted by atomic mass is 32.1. The van der Waals surface area contributed by atoms with E-state index >= 15 is 0 Å². The van der Waals surface area contributed by atoms with Crippen molar-refractivity contribution in [3.63, 3.8) is 0 Å². The molecule has 6 heteroatoms. The minimum atomic E-state index is -0.337. The van der Waals surface area contributed by atoms with E-state index in [4.69, 9.17) is 17.0 Å². The zero-order chi connectivity index (χ0) is 13.8. The van der Waals surface area contributed by atoms with Gasteiger partial charge in [-0.1, -0.05) is 12.8 Å². The normalized spacial score (nSPS) is 15.3. The van der Waals surface area contributed by atoms with Crippen molar-refractivity contribution in [2.24, 2.45) is 0 Å². The van der Waals surface area contributed by atoms with E-state index in [9.17, 15) is 4.79 Å². The average Bonchev–Trinajstić information content (AvgIpc) is 2.98. The molecule has 1 aromatic rings. The molecule has 0 amide bonds. The second kappa shape index (κ2) is 6.34. The number of ether oxygens (including phenoxy) is 1. The standard InChI is InChI=1S/C13H18N2O2S2/c1-8-7-10(12(16)17-2)11(19-8)15-13(18)14-9-5-3-4-6-9/h7,9H,3-6H2,1-2H3,(H2,14,15,18). The Hall–Kier alpha value is -1.14. The highest BCUT2D eigenvalue weighted by Gasteiger charge is 2.19. The lowest BCUT2D eigenvalue weighted by molar-refractivity contribution is 0.0602. The van der Waals surface area contributed by atoms with Crippen LogP contribution in [0.2, 0.25) is 0 Å². The lowest BCUT2D eigenvalue weighted by atomic mass is 10.2. The van der Waals surface area contributed by atoms with Gasteiger partial charge in [-0.2, -0.15) is 0 Å². The number of methoxy groups -OCH3 is 1. The molecule has 1 saturated carbocycles. The lowest BCUT2D eigenvalue weighted by Crippen LogP contribution is -2.36. The van der Waals surface area contributed by atoms with Crippen LogP contribution in [0.4, 0.5) is 5.00 Å². The molecule has 2 N–H and O–H groups in total. The first-order valence-corrected chi connectivity index (χ1v) is 7.59. The molecule has 0 aromatic carbocycles. The quantitative estimate of drug-likeness (QED) is 0.663. The van der Waals surface area contributed by atoms with Crippen molar-refractivity contribution in [2.75, 3.05) is 12.4 Å². The lowest BCUT2D eigenvalue weighted by Gasteiger charge is -2.15. The fraction of sp³-hybridized carbons (Fsp3) is 0.538. The number of nitrogens with one attached hydrogen (secondary N) is 2. The molecule has 19 heavy (non-hydrogen) atoms. The van der Waals surface area contributed by atoms with Gasteiger partial charge in [0.1, 0.15) is 5.00 Å². The van der Waals surface area contributed by atoms with Crippen LogP contribution in [0.5, 0.6) is 0 Å². The van der Waals surface area contributed by atoms with E-state index in [1.165, 1.54) is 31.3 Å². The van der Waals surface area contributed by atoms with Crippen LogP contribution < -0.4 is 10.6 Å². The van der Waals surface area contributed by atoms with Gasteiger partial charge in [-0.25, -0.2) is 4.79 Å². The summed E-state index contributed by atoms with van der Waals surface area (Å²) in [7, 11) is 1.38. The molecular weight excluding hydrogens is 280 g/mol. The maximum atomic E-state index is 11.7. The molecule has 1 aliphatic rings. The van der Waals surface area contributed by atoms with Crippen LogP contribution in [0, 0.1) is 6.92 Å². The van der Waals surface area contributed by atoms with Crippen molar-refractivity contribution in [3.05, 3.63) is 16.5 Å². The largest absolute Gasteiger partial charge is 0.465 e. The Morgan fingerprint density at radius 1 is 1.47 bits per heavy atom. The van der Waals surface area contributed by atoms with Gasteiger partial charge in [0.2, 0.25) is 0 Å². The number of thiocarbonyl (C=S) groups is 1. The predicted molar refractivity (Wildman–Crippen MR) is 82.0 cm³/mol. The second-order valence-corrected chi connectivity index (χ2v) is 6.34. The van der Waals surface area contributed by atoms with Crippen molar-refractivity contribution in [1.29, 1.82) is 0 Å². The smallest absolute Gasteiger partial charge is 0.340 e. The third-order valence-corrected chi connectivity index (χ3v) is 4.36. The molecule has 1 aliphatic carbocycles. The number of esters is 1. The Morgan fingerprint density at radius 3 is 2.79 bits per heavy atom. The minimum absolute atomic E-state index is 0.337. The summed E-state index contributed by atoms with van der Waals surface area (Å²) in [6, 6.07) is 2.28. The predicted octanol–water partition coefficient (Wildman–Crippen LogP) is 3.07. The average molecular weight is 298 g/mol. The van der Waals surface area contributed by atoms with Crippen LogP contribution in [0.3, 0.4) is 0 Å². The Labute approximate surface area is 122 Å². The third kappa shape index (κ3) is 3.67. The molecule has 0 bridgehead atoms. The van der Waals surface area contributed by atoms with Gasteiger partial charge in [0.05, 0.1) is 12.7 Å². The zero-order valence-corrected chi connectivity index (χ0v) is 12.7. The van der Waals surface area contributed by atoms with Crippen LogP contribution in [-0.4, -0.2) is 24.2 Å². The first-order chi connectivity index (χ1) is 9.10. The number of rotatable bonds is 3. The summed E-state index contributed by atoms with van der Waals surface area (Å²) < 4.78 is 4.77. The van der Waals surface area contributed by atoms with E-state index in [-0.39, 0.29) is 5.97 Å². The van der Waals surface area contributed by atoms with Gasteiger partial charge in [-0.3, -0.25) is 0 Å². The number of anilines is 1. The summed E-state index contributed by atoms with van der Waals surface area (Å²) >= 11 is 6.80. The van der Waals surface area contributed by atoms with Gasteiger partial charge < -0.3 is 15.4 Å². The summed E-state index contributed by atoms with van der Waals surface area (Å²) in [5.74, 6) is -0.337. The van der Waals surface area contributed by atoms with Gasteiger partial charge in [0.25, 0.3) is 0 Å². The summed E-state index contributed by atoms with van der Waals surface area (Å²) in [5.41, 5.74) is 0.542. The molecule has 0 spiro atoms. The molecule has 0 saturated heterocycles. The van der Waals surface area contributed by atoms with Crippen LogP contribution in [-0.2, 0) is 4.74 Å². The molecule has 1 heterocycles. The summed E-state index contributed by atoms with van der Waals surface area (Å²) in [4.78, 5) is 12.7. The van der Waals surface area contributed by atoms with Crippen molar-refractivity contribution < 1.29 is 9.53 Å². The van der Waals surface area contributed by atoms with Crippen LogP contribution in [0.1, 0.15) is 40.9 Å². The molecule has 0 radical (unpaired) electrons. The maximum absolute atomic E-state index is 11.7. The Kier molecular flexibility index (Phi) is 4.76. The highest BCUT2D eigenvalue weighted by molar-refractivity contribution is 7.80. The Bertz CT molecular complexity index is 479. The molecule has 2 rings (SSSR count). The van der Waals surface area contributed by atoms with Gasteiger partial charge in [-0.15, -0.1) is 11.3 Å². The molecular formula is C13H18N2O2S2. The number of thiophene rings is 1. The number of carbonyl (C=O) groups excluding carboxylic acids is 1. The number of hydrogen-bond acceptors (Lipinski definition) is 4. The second-order valence-electron chi connectivity index (χ2n) is 4.67. The monoisotopic (exact) mass is 298 g/mol. The number of hydrogen-bond donors (Lipinski definition) is 2. The van der Waals surface area contributed by atoms with Gasteiger partial charge in [0, 0.05) is 10.9 Å². The molecule has 1 fully saturated rings. The third-order valence-electron chi connectivity index (χ3n) is 3.18. The molecule has 4 nitrogen and oxygen atoms in total. The van der Waals surface area contributed by atoms with Crippen LogP contribution in [0.25, 0.3) is 0 Å². The van der Waals surface area contributed by atoms with Crippen molar-refractivity contribution >= 4 is 39.6 Å². The van der Waals surface area contributed by atoms with Crippen molar-refractivity contribution in [3.8, 4) is 0 Å². The van der Waals surface area contributed by atoms with Crippen LogP contribution in [0.15, 0.2) is 6.07 Å². The molecule has 0 aliphatic heterocycles. The van der Waals surface area contributed by atoms with E-state index in [1.807, 2.05) is 13.0 Å². The molecule has 104 valence electrons. The van der Waals surface area contributed by atoms with E-state index in [2.05, 4.69) is 10.6 Å².